The molecule has 0 spiro atoms. The van der Waals surface area contributed by atoms with Gasteiger partial charge in [0.1, 0.15) is 0 Å². The van der Waals surface area contributed by atoms with Gasteiger partial charge in [-0.2, -0.15) is 0 Å². The molecule has 4 atom stereocenters. The molecule has 0 saturated carbocycles. The lowest BCUT2D eigenvalue weighted by atomic mass is 9.72. The minimum Gasteiger partial charge on any atom is -0.463 e. The maximum atomic E-state index is 14.0. The number of nitrogens with one attached hydrogen (secondary N) is 3. The quantitative estimate of drug-likeness (QED) is 0.0498. The van der Waals surface area contributed by atoms with Gasteiger partial charge in [-0.05, 0) is 38.0 Å². The largest absolute Gasteiger partial charge is 0.463 e. The molecule has 1 fully saturated rings. The Bertz CT molecular complexity index is 1380. The number of benzene rings is 1. The van der Waals surface area contributed by atoms with Gasteiger partial charge in [0.2, 0.25) is 5.78 Å². The Morgan fingerprint density at radius 2 is 1.95 bits per heavy atom. The fourth-order valence-corrected chi connectivity index (χ4v) is 5.95. The number of rotatable bonds is 15. The zero-order valence-electron chi connectivity index (χ0n) is 26.2. The van der Waals surface area contributed by atoms with Gasteiger partial charge in [0.25, 0.3) is 5.60 Å². The van der Waals surface area contributed by atoms with Crippen molar-refractivity contribution in [3.05, 3.63) is 70.6 Å². The van der Waals surface area contributed by atoms with E-state index < -0.39 is 28.7 Å². The Hall–Kier alpha value is -3.96. The summed E-state index contributed by atoms with van der Waals surface area (Å²) < 4.78 is 11.8. The third kappa shape index (κ3) is 6.58. The van der Waals surface area contributed by atoms with Gasteiger partial charge in [-0.1, -0.05) is 68.7 Å². The highest BCUT2D eigenvalue weighted by Crippen LogP contribution is 2.58. The predicted octanol–water partition coefficient (Wildman–Crippen LogP) is 2.49. The van der Waals surface area contributed by atoms with Crippen LogP contribution in [0.3, 0.4) is 0 Å². The number of nitrogens with zero attached hydrogens (tertiary/aromatic N) is 1. The maximum absolute atomic E-state index is 14.0. The lowest BCUT2D eigenvalue weighted by Gasteiger charge is -2.25. The van der Waals surface area contributed by atoms with Crippen molar-refractivity contribution in [1.29, 1.82) is 0 Å². The summed E-state index contributed by atoms with van der Waals surface area (Å²) >= 11 is 0. The molecule has 0 aromatic heterocycles. The van der Waals surface area contributed by atoms with Crippen LogP contribution in [0.2, 0.25) is 0 Å². The number of epoxide rings is 1. The Labute approximate surface area is 259 Å². The third-order valence-electron chi connectivity index (χ3n) is 8.54. The fourth-order valence-electron chi connectivity index (χ4n) is 5.95. The molecule has 0 bridgehead atoms. The van der Waals surface area contributed by atoms with E-state index >= 15 is 0 Å². The van der Waals surface area contributed by atoms with Crippen LogP contribution in [0.15, 0.2) is 64.5 Å². The second-order valence-electron chi connectivity index (χ2n) is 11.7. The highest BCUT2D eigenvalue weighted by atomic mass is 16.7. The number of carbonyl (C=O) groups excluding carboxylic acids is 3. The van der Waals surface area contributed by atoms with Gasteiger partial charge in [0.15, 0.2) is 17.3 Å². The van der Waals surface area contributed by atoms with Crippen molar-refractivity contribution in [2.45, 2.75) is 70.1 Å². The van der Waals surface area contributed by atoms with Gasteiger partial charge in [-0.3, -0.25) is 14.6 Å². The van der Waals surface area contributed by atoms with Crippen LogP contribution in [0.1, 0.15) is 73.6 Å². The van der Waals surface area contributed by atoms with E-state index in [1.54, 1.807) is 31.3 Å². The third-order valence-corrected chi connectivity index (χ3v) is 8.54. The van der Waals surface area contributed by atoms with E-state index in [1.165, 1.54) is 0 Å². The number of hydrogen-bond acceptors (Lipinski definition) is 9. The number of nitrogens with two attached hydrogens (primary N) is 2. The first-order chi connectivity index (χ1) is 21.1. The molecule has 238 valence electrons. The zero-order valence-corrected chi connectivity index (χ0v) is 26.2. The molecule has 2 aliphatic heterocycles. The summed E-state index contributed by atoms with van der Waals surface area (Å²) in [4.78, 5) is 45.6. The van der Waals surface area contributed by atoms with E-state index in [4.69, 9.17) is 20.9 Å². The molecule has 1 aromatic rings. The highest BCUT2D eigenvalue weighted by Gasteiger charge is 2.85. The van der Waals surface area contributed by atoms with Crippen molar-refractivity contribution in [3.8, 4) is 0 Å². The number of esters is 1. The van der Waals surface area contributed by atoms with E-state index in [1.807, 2.05) is 32.1 Å². The molecule has 1 aromatic carbocycles. The summed E-state index contributed by atoms with van der Waals surface area (Å²) in [6.07, 6.45) is 9.13. The Morgan fingerprint density at radius 3 is 2.61 bits per heavy atom. The van der Waals surface area contributed by atoms with Crippen molar-refractivity contribution in [2.75, 3.05) is 33.3 Å². The van der Waals surface area contributed by atoms with Crippen LogP contribution in [0.25, 0.3) is 0 Å². The van der Waals surface area contributed by atoms with Crippen LogP contribution < -0.4 is 27.4 Å². The summed E-state index contributed by atoms with van der Waals surface area (Å²) in [6, 6.07) is 6.30. The summed E-state index contributed by atoms with van der Waals surface area (Å²) in [6.45, 7) is 8.26. The smallest absolute Gasteiger partial charge is 0.350 e. The minimum absolute atomic E-state index is 0.0339. The SMILES string of the molecule is CCCCC(CNCC)COC(=O)C12OC1(CC=C(C)CC(NC(N)=NC)C1=CCNC(N)=C1)C(=O)c1ccccc1C2=O. The first-order valence-electron chi connectivity index (χ1n) is 15.5. The van der Waals surface area contributed by atoms with Gasteiger partial charge in [-0.15, -0.1) is 0 Å². The van der Waals surface area contributed by atoms with Gasteiger partial charge in [0.05, 0.1) is 18.5 Å². The summed E-state index contributed by atoms with van der Waals surface area (Å²) in [5.41, 5.74) is 10.6. The predicted molar refractivity (Wildman–Crippen MR) is 170 cm³/mol. The molecule has 4 unspecified atom stereocenters. The summed E-state index contributed by atoms with van der Waals surface area (Å²) in [7, 11) is 1.60. The minimum atomic E-state index is -2.01. The number of unbranched alkanes of at least 4 members (excludes halogenated alkanes) is 1. The molecule has 1 saturated heterocycles. The van der Waals surface area contributed by atoms with E-state index in [9.17, 15) is 14.4 Å². The molecule has 11 nitrogen and oxygen atoms in total. The van der Waals surface area contributed by atoms with Gasteiger partial charge in [0, 0.05) is 43.6 Å². The Balaban J connectivity index is 1.59. The summed E-state index contributed by atoms with van der Waals surface area (Å²) in [5, 5.41) is 9.59. The normalized spacial score (nSPS) is 24.3. The van der Waals surface area contributed by atoms with E-state index in [0.29, 0.717) is 25.3 Å². The first kappa shape index (κ1) is 32.9. The van der Waals surface area contributed by atoms with E-state index in [0.717, 1.165) is 37.0 Å². The number of ketones is 2. The van der Waals surface area contributed by atoms with Crippen LogP contribution in [0.5, 0.6) is 0 Å². The number of Topliss-reactive ketones (excluding diaryl/α,β-unsaturated/α-hetero) is 2. The molecular weight excluding hydrogens is 560 g/mol. The number of carbonyl (C=O) groups is 3. The molecule has 3 aliphatic rings. The fraction of sp³-hybridized carbons (Fsp3) is 0.515. The van der Waals surface area contributed by atoms with Crippen molar-refractivity contribution >= 4 is 23.5 Å². The van der Waals surface area contributed by atoms with Crippen molar-refractivity contribution in [3.63, 3.8) is 0 Å². The molecule has 7 N–H and O–H groups in total. The van der Waals surface area contributed by atoms with Crippen LogP contribution in [0.4, 0.5) is 0 Å². The highest BCUT2D eigenvalue weighted by molar-refractivity contribution is 6.32. The first-order valence-corrected chi connectivity index (χ1v) is 15.5. The Morgan fingerprint density at radius 1 is 1.23 bits per heavy atom. The molecule has 4 rings (SSSR count). The second-order valence-corrected chi connectivity index (χ2v) is 11.7. The van der Waals surface area contributed by atoms with E-state index in [2.05, 4.69) is 27.9 Å². The van der Waals surface area contributed by atoms with Gasteiger partial charge in [-0.25, -0.2) is 4.79 Å². The topological polar surface area (TPSA) is 173 Å². The Kier molecular flexibility index (Phi) is 10.6. The number of ether oxygens (including phenoxy) is 2. The molecular formula is C33H46N6O5. The van der Waals surface area contributed by atoms with Crippen LogP contribution >= 0.6 is 0 Å². The second kappa shape index (κ2) is 14.2. The lowest BCUT2D eigenvalue weighted by Crippen LogP contribution is -2.50. The van der Waals surface area contributed by atoms with Crippen LogP contribution in [0, 0.1) is 5.92 Å². The average Bonchev–Trinajstić information content (AvgIpc) is 3.74. The number of guanidine groups is 1. The molecule has 2 heterocycles. The van der Waals surface area contributed by atoms with Gasteiger partial charge < -0.3 is 36.9 Å². The van der Waals surface area contributed by atoms with Gasteiger partial charge >= 0.3 is 5.97 Å². The van der Waals surface area contributed by atoms with Crippen LogP contribution in [-0.2, 0) is 14.3 Å². The lowest BCUT2D eigenvalue weighted by molar-refractivity contribution is -0.149. The molecule has 0 radical (unpaired) electrons. The number of aliphatic imine (C=N–C) groups is 1. The van der Waals surface area contributed by atoms with Crippen molar-refractivity contribution in [2.24, 2.45) is 22.4 Å². The molecule has 0 amide bonds. The molecule has 44 heavy (non-hydrogen) atoms. The van der Waals surface area contributed by atoms with Crippen LogP contribution in [-0.4, -0.2) is 74.0 Å². The average molecular weight is 607 g/mol. The monoisotopic (exact) mass is 606 g/mol. The molecule has 1 aliphatic carbocycles. The van der Waals surface area contributed by atoms with E-state index in [-0.39, 0.29) is 42.1 Å². The zero-order chi connectivity index (χ0) is 31.9. The van der Waals surface area contributed by atoms with Crippen molar-refractivity contribution < 1.29 is 23.9 Å². The standard InChI is InChI=1S/C33H46N6O5/c1-5-7-10-22(19-37-6-2)20-43-30(42)33-29(41)25-12-9-8-11-24(25)28(40)32(33,44-33)15-13-21(3)17-26(39-31(35)36-4)23-14-16-38-27(34)18-23/h8-9,11-14,18,22,26,37-38H,5-7,10,15-17,19-20,34H2,1-4H3,(H3,35,36,39). The summed E-state index contributed by atoms with van der Waals surface area (Å²) in [5.74, 6) is -0.824. The van der Waals surface area contributed by atoms with Crippen molar-refractivity contribution in [1.82, 2.24) is 16.0 Å². The molecule has 11 heteroatoms. The number of hydrogen-bond donors (Lipinski definition) is 5. The maximum Gasteiger partial charge on any atom is 0.350 e. The number of fused-ring (bicyclic) bond motifs is 2. The number of dihydropyridines is 1.